The van der Waals surface area contributed by atoms with Gasteiger partial charge in [0.2, 0.25) is 5.13 Å². The van der Waals surface area contributed by atoms with Gasteiger partial charge in [-0.1, -0.05) is 18.3 Å². The van der Waals surface area contributed by atoms with E-state index in [4.69, 9.17) is 0 Å². The number of nitrogens with zero attached hydrogens (tertiary/aromatic N) is 3. The van der Waals surface area contributed by atoms with E-state index in [1.165, 1.54) is 16.2 Å². The zero-order chi connectivity index (χ0) is 15.7. The van der Waals surface area contributed by atoms with Gasteiger partial charge in [-0.05, 0) is 30.5 Å². The van der Waals surface area contributed by atoms with Crippen LogP contribution >= 0.6 is 11.3 Å². The molecule has 0 bridgehead atoms. The standard InChI is InChI=1S/C14H14F2N4OS/c1-2-12-18-19-13(22-12)17-14(21)20-6-5-8-9(7-20)11(16)4-3-10(8)15/h3-4H,2,5-7H2,1H3,(H,17,19,21). The van der Waals surface area contributed by atoms with Gasteiger partial charge < -0.3 is 4.90 Å². The van der Waals surface area contributed by atoms with E-state index < -0.39 is 11.6 Å². The van der Waals surface area contributed by atoms with Gasteiger partial charge in [-0.3, -0.25) is 5.32 Å². The molecule has 5 nitrogen and oxygen atoms in total. The number of urea groups is 1. The predicted molar refractivity (Wildman–Crippen MR) is 78.8 cm³/mol. The molecule has 2 aromatic rings. The minimum atomic E-state index is -0.488. The highest BCUT2D eigenvalue weighted by Crippen LogP contribution is 2.25. The molecule has 0 spiro atoms. The van der Waals surface area contributed by atoms with Crippen LogP contribution in [-0.2, 0) is 19.4 Å². The summed E-state index contributed by atoms with van der Waals surface area (Å²) in [7, 11) is 0. The van der Waals surface area contributed by atoms with E-state index in [9.17, 15) is 13.6 Å². The van der Waals surface area contributed by atoms with E-state index in [1.807, 2.05) is 6.92 Å². The molecule has 0 saturated carbocycles. The first-order valence-electron chi connectivity index (χ1n) is 6.92. The number of benzene rings is 1. The van der Waals surface area contributed by atoms with Gasteiger partial charge in [0, 0.05) is 12.1 Å². The fourth-order valence-electron chi connectivity index (χ4n) is 2.38. The Labute approximate surface area is 130 Å². The summed E-state index contributed by atoms with van der Waals surface area (Å²) in [6, 6.07) is 1.83. The number of rotatable bonds is 2. The zero-order valence-electron chi connectivity index (χ0n) is 11.9. The Hall–Kier alpha value is -2.09. The van der Waals surface area contributed by atoms with Crippen LogP contribution in [0, 0.1) is 11.6 Å². The number of fused-ring (bicyclic) bond motifs is 1. The van der Waals surface area contributed by atoms with Crippen LogP contribution < -0.4 is 5.32 Å². The van der Waals surface area contributed by atoms with Gasteiger partial charge in [-0.25, -0.2) is 13.6 Å². The average Bonchev–Trinajstić information content (AvgIpc) is 2.98. The van der Waals surface area contributed by atoms with E-state index in [2.05, 4.69) is 15.5 Å². The molecule has 0 radical (unpaired) electrons. The third-order valence-corrected chi connectivity index (χ3v) is 4.55. The molecule has 0 saturated heterocycles. The molecular formula is C14H14F2N4OS. The van der Waals surface area contributed by atoms with Gasteiger partial charge >= 0.3 is 6.03 Å². The van der Waals surface area contributed by atoms with Crippen molar-refractivity contribution in [2.45, 2.75) is 26.3 Å². The molecule has 2 amide bonds. The summed E-state index contributed by atoms with van der Waals surface area (Å²) >= 11 is 1.30. The number of carbonyl (C=O) groups excluding carboxylic acids is 1. The number of carbonyl (C=O) groups is 1. The van der Waals surface area contributed by atoms with Gasteiger partial charge in [0.25, 0.3) is 0 Å². The lowest BCUT2D eigenvalue weighted by Gasteiger charge is -2.29. The predicted octanol–water partition coefficient (Wildman–Crippen LogP) is 2.97. The van der Waals surface area contributed by atoms with Crippen LogP contribution in [0.4, 0.5) is 18.7 Å². The van der Waals surface area contributed by atoms with Crippen molar-refractivity contribution in [3.63, 3.8) is 0 Å². The molecule has 0 unspecified atom stereocenters. The van der Waals surface area contributed by atoms with Crippen LogP contribution in [-0.4, -0.2) is 27.7 Å². The van der Waals surface area contributed by atoms with Crippen LogP contribution in [0.1, 0.15) is 23.1 Å². The largest absolute Gasteiger partial charge is 0.324 e. The number of halogens is 2. The smallest absolute Gasteiger partial charge is 0.320 e. The van der Waals surface area contributed by atoms with Crippen LogP contribution in [0.3, 0.4) is 0 Å². The number of hydrogen-bond donors (Lipinski definition) is 1. The highest BCUT2D eigenvalue weighted by molar-refractivity contribution is 7.15. The maximum absolute atomic E-state index is 13.8. The van der Waals surface area contributed by atoms with Crippen molar-refractivity contribution >= 4 is 22.5 Å². The quantitative estimate of drug-likeness (QED) is 0.924. The zero-order valence-corrected chi connectivity index (χ0v) is 12.7. The highest BCUT2D eigenvalue weighted by atomic mass is 32.1. The fraction of sp³-hybridized carbons (Fsp3) is 0.357. The molecule has 3 rings (SSSR count). The van der Waals surface area contributed by atoms with Gasteiger partial charge in [-0.2, -0.15) is 0 Å². The Bertz CT molecular complexity index is 719. The normalized spacial score (nSPS) is 13.9. The second kappa shape index (κ2) is 5.96. The molecule has 0 aliphatic carbocycles. The molecule has 0 atom stereocenters. The van der Waals surface area contributed by atoms with Crippen LogP contribution in [0.2, 0.25) is 0 Å². The third-order valence-electron chi connectivity index (χ3n) is 3.57. The first-order valence-corrected chi connectivity index (χ1v) is 7.74. The summed E-state index contributed by atoms with van der Waals surface area (Å²) in [6.45, 7) is 2.33. The topological polar surface area (TPSA) is 58.1 Å². The lowest BCUT2D eigenvalue weighted by atomic mass is 9.99. The molecule has 1 aromatic heterocycles. The monoisotopic (exact) mass is 324 g/mol. The second-order valence-electron chi connectivity index (χ2n) is 4.94. The molecule has 1 aliphatic rings. The minimum absolute atomic E-state index is 0.0458. The molecule has 116 valence electrons. The van der Waals surface area contributed by atoms with Gasteiger partial charge in [-0.15, -0.1) is 10.2 Å². The highest BCUT2D eigenvalue weighted by Gasteiger charge is 2.25. The Morgan fingerprint density at radius 3 is 2.73 bits per heavy atom. The number of nitrogens with one attached hydrogen (secondary N) is 1. The number of aryl methyl sites for hydroxylation is 1. The molecule has 1 N–H and O–H groups in total. The Morgan fingerprint density at radius 1 is 1.32 bits per heavy atom. The van der Waals surface area contributed by atoms with Gasteiger partial charge in [0.15, 0.2) is 0 Å². The second-order valence-corrected chi connectivity index (χ2v) is 6.00. The Kier molecular flexibility index (Phi) is 4.02. The molecule has 1 aliphatic heterocycles. The average molecular weight is 324 g/mol. The number of anilines is 1. The molecule has 0 fully saturated rings. The maximum Gasteiger partial charge on any atom is 0.324 e. The van der Waals surface area contributed by atoms with Crippen LogP contribution in [0.15, 0.2) is 12.1 Å². The maximum atomic E-state index is 13.8. The van der Waals surface area contributed by atoms with Crippen molar-refractivity contribution in [3.8, 4) is 0 Å². The summed E-state index contributed by atoms with van der Waals surface area (Å²) in [5.74, 6) is -0.911. The molecule has 2 heterocycles. The van der Waals surface area contributed by atoms with E-state index in [-0.39, 0.29) is 18.1 Å². The van der Waals surface area contributed by atoms with Crippen molar-refractivity contribution in [2.75, 3.05) is 11.9 Å². The van der Waals surface area contributed by atoms with Crippen molar-refractivity contribution in [1.29, 1.82) is 0 Å². The summed E-state index contributed by atoms with van der Waals surface area (Å²) in [5, 5.41) is 11.7. The van der Waals surface area contributed by atoms with E-state index in [1.54, 1.807) is 0 Å². The lowest BCUT2D eigenvalue weighted by Crippen LogP contribution is -2.39. The van der Waals surface area contributed by atoms with Gasteiger partial charge in [0.1, 0.15) is 16.6 Å². The van der Waals surface area contributed by atoms with Crippen molar-refractivity contribution < 1.29 is 13.6 Å². The number of aromatic nitrogens is 2. The van der Waals surface area contributed by atoms with E-state index in [0.717, 1.165) is 23.6 Å². The summed E-state index contributed by atoms with van der Waals surface area (Å²) < 4.78 is 27.5. The lowest BCUT2D eigenvalue weighted by molar-refractivity contribution is 0.204. The first kappa shape index (κ1) is 14.8. The van der Waals surface area contributed by atoms with E-state index in [0.29, 0.717) is 23.7 Å². The molecule has 22 heavy (non-hydrogen) atoms. The molecule has 1 aromatic carbocycles. The summed E-state index contributed by atoms with van der Waals surface area (Å²) in [4.78, 5) is 13.7. The SMILES string of the molecule is CCc1nnc(NC(=O)N2CCc3c(F)ccc(F)c3C2)s1. The van der Waals surface area contributed by atoms with Crippen LogP contribution in [0.25, 0.3) is 0 Å². The molecular weight excluding hydrogens is 310 g/mol. The number of hydrogen-bond acceptors (Lipinski definition) is 4. The third kappa shape index (κ3) is 2.78. The minimum Gasteiger partial charge on any atom is -0.320 e. The van der Waals surface area contributed by atoms with Gasteiger partial charge in [0.05, 0.1) is 6.54 Å². The first-order chi connectivity index (χ1) is 10.6. The van der Waals surface area contributed by atoms with Crippen LogP contribution in [0.5, 0.6) is 0 Å². The van der Waals surface area contributed by atoms with Crippen molar-refractivity contribution in [1.82, 2.24) is 15.1 Å². The van der Waals surface area contributed by atoms with Crippen molar-refractivity contribution in [2.24, 2.45) is 0 Å². The number of amides is 2. The summed E-state index contributed by atoms with van der Waals surface area (Å²) in [5.41, 5.74) is 0.598. The molecule has 8 heteroatoms. The van der Waals surface area contributed by atoms with E-state index >= 15 is 0 Å². The fourth-order valence-corrected chi connectivity index (χ4v) is 3.05. The Morgan fingerprint density at radius 2 is 2.05 bits per heavy atom. The Balaban J connectivity index is 1.74. The summed E-state index contributed by atoms with van der Waals surface area (Å²) in [6.07, 6.45) is 1.04. The van der Waals surface area contributed by atoms with Crippen molar-refractivity contribution in [3.05, 3.63) is 39.9 Å².